The van der Waals surface area contributed by atoms with Crippen molar-refractivity contribution >= 4 is 5.82 Å². The number of anilines is 1. The van der Waals surface area contributed by atoms with Gasteiger partial charge < -0.3 is 10.2 Å². The largest absolute Gasteiger partial charge is 0.355 e. The Morgan fingerprint density at radius 2 is 1.79 bits per heavy atom. The second-order valence-electron chi connectivity index (χ2n) is 5.66. The molecule has 1 aliphatic rings. The van der Waals surface area contributed by atoms with Crippen LogP contribution in [0, 0.1) is 0 Å². The van der Waals surface area contributed by atoms with Crippen LogP contribution < -0.4 is 10.2 Å². The molecule has 0 spiro atoms. The van der Waals surface area contributed by atoms with Crippen LogP contribution in [0.25, 0.3) is 0 Å². The highest BCUT2D eigenvalue weighted by molar-refractivity contribution is 5.36. The first-order valence-electron chi connectivity index (χ1n) is 7.55. The van der Waals surface area contributed by atoms with E-state index in [-0.39, 0.29) is 0 Å². The minimum atomic E-state index is 0.479. The summed E-state index contributed by atoms with van der Waals surface area (Å²) in [6.45, 7) is 7.34. The lowest BCUT2D eigenvalue weighted by molar-refractivity contribution is 0.550. The van der Waals surface area contributed by atoms with Crippen molar-refractivity contribution in [2.45, 2.75) is 58.5 Å². The predicted molar refractivity (Wildman–Crippen MR) is 79.3 cm³/mol. The summed E-state index contributed by atoms with van der Waals surface area (Å²) in [5.41, 5.74) is 1.04. The van der Waals surface area contributed by atoms with E-state index in [2.05, 4.69) is 29.0 Å². The Kier molecular flexibility index (Phi) is 5.58. The number of hydrogen-bond donors (Lipinski definition) is 1. The van der Waals surface area contributed by atoms with E-state index >= 15 is 0 Å². The number of rotatable bonds is 4. The van der Waals surface area contributed by atoms with E-state index in [0.717, 1.165) is 31.1 Å². The van der Waals surface area contributed by atoms with Crippen molar-refractivity contribution in [3.63, 3.8) is 0 Å². The maximum absolute atomic E-state index is 4.74. The summed E-state index contributed by atoms with van der Waals surface area (Å²) in [5.74, 6) is 1.05. The molecule has 0 amide bonds. The van der Waals surface area contributed by atoms with Crippen LogP contribution >= 0.6 is 0 Å². The molecule has 1 saturated heterocycles. The molecule has 106 valence electrons. The normalized spacial score (nSPS) is 17.3. The summed E-state index contributed by atoms with van der Waals surface area (Å²) in [4.78, 5) is 11.5. The van der Waals surface area contributed by atoms with Gasteiger partial charge in [-0.3, -0.25) is 4.98 Å². The Morgan fingerprint density at radius 1 is 1.11 bits per heavy atom. The van der Waals surface area contributed by atoms with Crippen molar-refractivity contribution in [1.82, 2.24) is 15.3 Å². The van der Waals surface area contributed by atoms with Crippen molar-refractivity contribution < 1.29 is 0 Å². The Bertz CT molecular complexity index is 370. The first kappa shape index (κ1) is 14.3. The summed E-state index contributed by atoms with van der Waals surface area (Å²) in [6.07, 6.45) is 10.4. The quantitative estimate of drug-likeness (QED) is 0.906. The molecule has 0 bridgehead atoms. The topological polar surface area (TPSA) is 41.1 Å². The first-order chi connectivity index (χ1) is 9.25. The summed E-state index contributed by atoms with van der Waals surface area (Å²) >= 11 is 0. The number of nitrogens with one attached hydrogen (secondary N) is 1. The summed E-state index contributed by atoms with van der Waals surface area (Å²) < 4.78 is 0. The fraction of sp³-hybridized carbons (Fsp3) is 0.733. The average molecular weight is 262 g/mol. The monoisotopic (exact) mass is 262 g/mol. The minimum Gasteiger partial charge on any atom is -0.355 e. The van der Waals surface area contributed by atoms with Gasteiger partial charge in [0.05, 0.1) is 11.9 Å². The molecular formula is C15H26N4. The fourth-order valence-electron chi connectivity index (χ4n) is 2.42. The van der Waals surface area contributed by atoms with Crippen molar-refractivity contribution in [3.8, 4) is 0 Å². The van der Waals surface area contributed by atoms with Crippen LogP contribution in [0.5, 0.6) is 0 Å². The van der Waals surface area contributed by atoms with Gasteiger partial charge in [-0.25, -0.2) is 4.98 Å². The lowest BCUT2D eigenvalue weighted by Gasteiger charge is -2.25. The lowest BCUT2D eigenvalue weighted by Crippen LogP contribution is -2.29. The van der Waals surface area contributed by atoms with Crippen molar-refractivity contribution in [3.05, 3.63) is 18.1 Å². The molecule has 4 nitrogen and oxygen atoms in total. The Labute approximate surface area is 116 Å². The minimum absolute atomic E-state index is 0.479. The van der Waals surface area contributed by atoms with Crippen LogP contribution in [0.4, 0.5) is 5.82 Å². The van der Waals surface area contributed by atoms with E-state index in [1.54, 1.807) is 0 Å². The molecule has 1 aromatic heterocycles. The van der Waals surface area contributed by atoms with Crippen molar-refractivity contribution in [1.29, 1.82) is 0 Å². The van der Waals surface area contributed by atoms with Gasteiger partial charge >= 0.3 is 0 Å². The zero-order chi connectivity index (χ0) is 13.5. The molecule has 4 heteroatoms. The molecule has 1 aliphatic heterocycles. The molecule has 0 aromatic carbocycles. The maximum atomic E-state index is 4.74. The molecule has 0 radical (unpaired) electrons. The standard InChI is InChI=1S/C15H26N4/c1-13(2)17-11-14-10-16-12-15(18-14)19-8-6-4-3-5-7-9-19/h10,12-13,17H,3-9,11H2,1-2H3. The Balaban J connectivity index is 1.99. The molecule has 2 heterocycles. The summed E-state index contributed by atoms with van der Waals surface area (Å²) in [7, 11) is 0. The van der Waals surface area contributed by atoms with Gasteiger partial charge in [0.1, 0.15) is 5.82 Å². The number of hydrogen-bond acceptors (Lipinski definition) is 4. The smallest absolute Gasteiger partial charge is 0.147 e. The highest BCUT2D eigenvalue weighted by atomic mass is 15.2. The van der Waals surface area contributed by atoms with Crippen LogP contribution in [0.15, 0.2) is 12.4 Å². The molecule has 1 N–H and O–H groups in total. The van der Waals surface area contributed by atoms with E-state index in [0.29, 0.717) is 6.04 Å². The summed E-state index contributed by atoms with van der Waals surface area (Å²) in [5, 5.41) is 3.39. The Morgan fingerprint density at radius 3 is 2.47 bits per heavy atom. The average Bonchev–Trinajstić information content (AvgIpc) is 2.36. The van der Waals surface area contributed by atoms with Gasteiger partial charge in [-0.1, -0.05) is 33.1 Å². The van der Waals surface area contributed by atoms with Gasteiger partial charge in [-0.2, -0.15) is 0 Å². The molecule has 0 saturated carbocycles. The second-order valence-corrected chi connectivity index (χ2v) is 5.66. The van der Waals surface area contributed by atoms with Gasteiger partial charge in [0.2, 0.25) is 0 Å². The van der Waals surface area contributed by atoms with Crippen molar-refractivity contribution in [2.75, 3.05) is 18.0 Å². The number of nitrogens with zero attached hydrogens (tertiary/aromatic N) is 3. The number of aromatic nitrogens is 2. The fourth-order valence-corrected chi connectivity index (χ4v) is 2.42. The molecule has 1 aromatic rings. The molecule has 0 unspecified atom stereocenters. The van der Waals surface area contributed by atoms with Crippen molar-refractivity contribution in [2.24, 2.45) is 0 Å². The third kappa shape index (κ3) is 4.78. The van der Waals surface area contributed by atoms with E-state index in [1.807, 2.05) is 12.4 Å². The molecular weight excluding hydrogens is 236 g/mol. The van der Waals surface area contributed by atoms with E-state index in [9.17, 15) is 0 Å². The van der Waals surface area contributed by atoms with Crippen LogP contribution in [0.3, 0.4) is 0 Å². The van der Waals surface area contributed by atoms with Gasteiger partial charge in [0, 0.05) is 31.9 Å². The third-order valence-electron chi connectivity index (χ3n) is 3.54. The van der Waals surface area contributed by atoms with Crippen LogP contribution in [-0.2, 0) is 6.54 Å². The SMILES string of the molecule is CC(C)NCc1cncc(N2CCCCCCC2)n1. The zero-order valence-corrected chi connectivity index (χ0v) is 12.2. The predicted octanol–water partition coefficient (Wildman–Crippen LogP) is 2.75. The second kappa shape index (κ2) is 7.43. The van der Waals surface area contributed by atoms with Gasteiger partial charge in [-0.05, 0) is 12.8 Å². The molecule has 0 atom stereocenters. The van der Waals surface area contributed by atoms with E-state index in [1.165, 1.54) is 32.1 Å². The third-order valence-corrected chi connectivity index (χ3v) is 3.54. The molecule has 1 fully saturated rings. The van der Waals surface area contributed by atoms with Crippen LogP contribution in [-0.4, -0.2) is 29.1 Å². The van der Waals surface area contributed by atoms with E-state index < -0.39 is 0 Å². The molecule has 2 rings (SSSR count). The first-order valence-corrected chi connectivity index (χ1v) is 7.55. The van der Waals surface area contributed by atoms with Crippen LogP contribution in [0.1, 0.15) is 51.6 Å². The summed E-state index contributed by atoms with van der Waals surface area (Å²) in [6, 6.07) is 0.479. The molecule has 0 aliphatic carbocycles. The van der Waals surface area contributed by atoms with Gasteiger partial charge in [0.25, 0.3) is 0 Å². The lowest BCUT2D eigenvalue weighted by atomic mass is 10.1. The van der Waals surface area contributed by atoms with E-state index in [4.69, 9.17) is 4.98 Å². The zero-order valence-electron chi connectivity index (χ0n) is 12.2. The van der Waals surface area contributed by atoms with Crippen LogP contribution in [0.2, 0.25) is 0 Å². The Hall–Kier alpha value is -1.16. The molecule has 19 heavy (non-hydrogen) atoms. The highest BCUT2D eigenvalue weighted by Gasteiger charge is 2.11. The maximum Gasteiger partial charge on any atom is 0.147 e. The van der Waals surface area contributed by atoms with Gasteiger partial charge in [-0.15, -0.1) is 0 Å². The highest BCUT2D eigenvalue weighted by Crippen LogP contribution is 2.16. The van der Waals surface area contributed by atoms with Gasteiger partial charge in [0.15, 0.2) is 0 Å².